The summed E-state index contributed by atoms with van der Waals surface area (Å²) >= 11 is 0. The van der Waals surface area contributed by atoms with Crippen molar-refractivity contribution < 1.29 is 14.0 Å². The normalized spacial score (nSPS) is 15.9. The molecule has 0 aliphatic carbocycles. The van der Waals surface area contributed by atoms with Crippen LogP contribution in [0.15, 0.2) is 0 Å². The van der Waals surface area contributed by atoms with Crippen molar-refractivity contribution in [2.45, 2.75) is 19.4 Å². The standard InChI is InChI=1S/C6H16NO4P3/c1-2-5(3-7(8)9)6(4-10-12)11-14-13/h5-6,14H,2-4,12-13H2,1H3/t5?,6-/m0/s1. The Morgan fingerprint density at radius 2 is 2.29 bits per heavy atom. The summed E-state index contributed by atoms with van der Waals surface area (Å²) in [5.41, 5.74) is 0. The van der Waals surface area contributed by atoms with Crippen LogP contribution in [-0.4, -0.2) is 24.2 Å². The molecule has 8 heteroatoms. The van der Waals surface area contributed by atoms with Crippen molar-refractivity contribution in [2.24, 2.45) is 5.92 Å². The van der Waals surface area contributed by atoms with Crippen LogP contribution in [0, 0.1) is 16.0 Å². The topological polar surface area (TPSA) is 61.6 Å². The minimum absolute atomic E-state index is 0.0651. The molecular formula is C6H16NO4P3. The summed E-state index contributed by atoms with van der Waals surface area (Å²) in [7, 11) is 4.83. The average molecular weight is 259 g/mol. The first kappa shape index (κ1) is 14.6. The van der Waals surface area contributed by atoms with Gasteiger partial charge in [0.2, 0.25) is 6.54 Å². The lowest BCUT2D eigenvalue weighted by atomic mass is 10.0. The number of hydrogen-bond acceptors (Lipinski definition) is 4. The molecule has 0 saturated carbocycles. The Hall–Kier alpha value is 0.610. The molecule has 0 bridgehead atoms. The highest BCUT2D eigenvalue weighted by molar-refractivity contribution is 8.00. The van der Waals surface area contributed by atoms with Crippen LogP contribution in [0.5, 0.6) is 0 Å². The Bertz CT molecular complexity index is 165. The van der Waals surface area contributed by atoms with Gasteiger partial charge in [-0.25, -0.2) is 0 Å². The summed E-state index contributed by atoms with van der Waals surface area (Å²) in [5, 5.41) is 10.4. The van der Waals surface area contributed by atoms with Crippen LogP contribution in [0.3, 0.4) is 0 Å². The monoisotopic (exact) mass is 259 g/mol. The fourth-order valence-corrected chi connectivity index (χ4v) is 2.30. The van der Waals surface area contributed by atoms with E-state index in [9.17, 15) is 10.1 Å². The van der Waals surface area contributed by atoms with Crippen LogP contribution < -0.4 is 0 Å². The van der Waals surface area contributed by atoms with Crippen LogP contribution in [0.2, 0.25) is 0 Å². The van der Waals surface area contributed by atoms with Crippen molar-refractivity contribution in [1.82, 2.24) is 0 Å². The summed E-state index contributed by atoms with van der Waals surface area (Å²) in [6.07, 6.45) is 0.521. The fraction of sp³-hybridized carbons (Fsp3) is 1.00. The first-order chi connectivity index (χ1) is 6.65. The van der Waals surface area contributed by atoms with E-state index in [0.717, 1.165) is 6.42 Å². The Labute approximate surface area is 90.1 Å². The lowest BCUT2D eigenvalue weighted by molar-refractivity contribution is -0.490. The van der Waals surface area contributed by atoms with Gasteiger partial charge < -0.3 is 9.05 Å². The van der Waals surface area contributed by atoms with E-state index in [0.29, 0.717) is 6.61 Å². The molecule has 0 aliphatic rings. The lowest BCUT2D eigenvalue weighted by Gasteiger charge is -2.21. The third-order valence-electron chi connectivity index (χ3n) is 1.91. The first-order valence-electron chi connectivity index (χ1n) is 4.20. The summed E-state index contributed by atoms with van der Waals surface area (Å²) in [4.78, 5) is 10.1. The SMILES string of the molecule is CCC(C[N+](=O)[O-])[C@H](COP)OPP. The zero-order chi connectivity index (χ0) is 11.0. The van der Waals surface area contributed by atoms with E-state index < -0.39 is 0 Å². The number of hydrogen-bond donors (Lipinski definition) is 0. The molecule has 0 N–H and O–H groups in total. The predicted molar refractivity (Wildman–Crippen MR) is 64.2 cm³/mol. The maximum absolute atomic E-state index is 10.4. The summed E-state index contributed by atoms with van der Waals surface area (Å²) in [5.74, 6) is -0.0846. The molecule has 5 nitrogen and oxygen atoms in total. The van der Waals surface area contributed by atoms with Crippen molar-refractivity contribution in [1.29, 1.82) is 0 Å². The maximum atomic E-state index is 10.4. The zero-order valence-corrected chi connectivity index (χ0v) is 11.3. The second kappa shape index (κ2) is 8.88. The molecule has 0 fully saturated rings. The van der Waals surface area contributed by atoms with Crippen LogP contribution in [0.25, 0.3) is 0 Å². The molecule has 0 spiro atoms. The molecule has 0 aromatic rings. The van der Waals surface area contributed by atoms with E-state index in [1.165, 1.54) is 0 Å². The highest BCUT2D eigenvalue weighted by Crippen LogP contribution is 2.28. The van der Waals surface area contributed by atoms with Crippen LogP contribution in [0.4, 0.5) is 0 Å². The van der Waals surface area contributed by atoms with Gasteiger partial charge in [-0.2, -0.15) is 0 Å². The highest BCUT2D eigenvalue weighted by Gasteiger charge is 2.25. The second-order valence-electron chi connectivity index (χ2n) is 2.79. The van der Waals surface area contributed by atoms with Crippen molar-refractivity contribution in [3.63, 3.8) is 0 Å². The molecule has 4 unspecified atom stereocenters. The Morgan fingerprint density at radius 3 is 2.64 bits per heavy atom. The summed E-state index contributed by atoms with van der Waals surface area (Å²) in [6.45, 7) is 2.22. The van der Waals surface area contributed by atoms with Crippen LogP contribution >= 0.6 is 26.9 Å². The average Bonchev–Trinajstić information content (AvgIpc) is 2.13. The van der Waals surface area contributed by atoms with E-state index in [-0.39, 0.29) is 32.0 Å². The van der Waals surface area contributed by atoms with Crippen LogP contribution in [-0.2, 0) is 9.05 Å². The van der Waals surface area contributed by atoms with E-state index >= 15 is 0 Å². The van der Waals surface area contributed by atoms with Gasteiger partial charge >= 0.3 is 0 Å². The zero-order valence-electron chi connectivity index (χ0n) is 8.01. The maximum Gasteiger partial charge on any atom is 0.209 e. The molecule has 0 aliphatic heterocycles. The van der Waals surface area contributed by atoms with Crippen molar-refractivity contribution in [3.8, 4) is 0 Å². The van der Waals surface area contributed by atoms with E-state index in [1.807, 2.05) is 6.92 Å². The third-order valence-corrected chi connectivity index (χ3v) is 2.95. The van der Waals surface area contributed by atoms with Gasteiger partial charge in [0.15, 0.2) is 0 Å². The molecule has 0 aromatic heterocycles. The number of rotatable bonds is 8. The number of nitrogens with zero attached hydrogens (tertiary/aromatic N) is 1. The van der Waals surface area contributed by atoms with Crippen LogP contribution in [0.1, 0.15) is 13.3 Å². The molecule has 0 amide bonds. The molecule has 0 rings (SSSR count). The van der Waals surface area contributed by atoms with Gasteiger partial charge in [0.1, 0.15) is 0 Å². The quantitative estimate of drug-likeness (QED) is 0.379. The molecule has 14 heavy (non-hydrogen) atoms. The van der Waals surface area contributed by atoms with Gasteiger partial charge in [0.25, 0.3) is 0 Å². The molecule has 5 atom stereocenters. The fourth-order valence-electron chi connectivity index (χ4n) is 1.15. The van der Waals surface area contributed by atoms with E-state index in [4.69, 9.17) is 9.05 Å². The third kappa shape index (κ3) is 6.16. The van der Waals surface area contributed by atoms with Gasteiger partial charge in [-0.15, -0.1) is 0 Å². The Balaban J connectivity index is 4.16. The largest absolute Gasteiger partial charge is 0.363 e. The molecular weight excluding hydrogens is 243 g/mol. The predicted octanol–water partition coefficient (Wildman–Crippen LogP) is 1.86. The minimum Gasteiger partial charge on any atom is -0.363 e. The van der Waals surface area contributed by atoms with Gasteiger partial charge in [-0.3, -0.25) is 10.1 Å². The smallest absolute Gasteiger partial charge is 0.209 e. The van der Waals surface area contributed by atoms with Gasteiger partial charge in [0.05, 0.1) is 18.6 Å². The Kier molecular flexibility index (Phi) is 9.27. The molecule has 84 valence electrons. The Morgan fingerprint density at radius 1 is 1.64 bits per heavy atom. The summed E-state index contributed by atoms with van der Waals surface area (Å²) in [6, 6.07) is 0. The lowest BCUT2D eigenvalue weighted by Crippen LogP contribution is -2.30. The number of nitro groups is 1. The van der Waals surface area contributed by atoms with E-state index in [1.54, 1.807) is 0 Å². The minimum atomic E-state index is -0.306. The van der Waals surface area contributed by atoms with E-state index in [2.05, 4.69) is 18.4 Å². The highest BCUT2D eigenvalue weighted by atomic mass is 32.0. The van der Waals surface area contributed by atoms with Crippen molar-refractivity contribution >= 4 is 26.9 Å². The molecule has 0 saturated heterocycles. The summed E-state index contributed by atoms with van der Waals surface area (Å²) < 4.78 is 10.3. The van der Waals surface area contributed by atoms with Gasteiger partial charge in [-0.1, -0.05) is 15.9 Å². The molecule has 0 aromatic carbocycles. The van der Waals surface area contributed by atoms with Crippen molar-refractivity contribution in [3.05, 3.63) is 10.1 Å². The van der Waals surface area contributed by atoms with Gasteiger partial charge in [0, 0.05) is 22.9 Å². The van der Waals surface area contributed by atoms with Gasteiger partial charge in [-0.05, 0) is 6.42 Å². The molecule has 0 radical (unpaired) electrons. The second-order valence-corrected chi connectivity index (χ2v) is 4.30. The first-order valence-corrected chi connectivity index (χ1v) is 7.39. The molecule has 0 heterocycles. The van der Waals surface area contributed by atoms with Crippen molar-refractivity contribution in [2.75, 3.05) is 13.2 Å².